The quantitative estimate of drug-likeness (QED) is 0.589. The normalized spacial score (nSPS) is 14.5. The van der Waals surface area contributed by atoms with Gasteiger partial charge in [-0.1, -0.05) is 42.5 Å². The number of pyridine rings is 1. The molecule has 0 atom stereocenters. The third-order valence-electron chi connectivity index (χ3n) is 5.20. The first-order valence-electron chi connectivity index (χ1n) is 10.6. The number of nitrogens with zero attached hydrogens (tertiary/aromatic N) is 2. The van der Waals surface area contributed by atoms with E-state index in [-0.39, 0.29) is 0 Å². The van der Waals surface area contributed by atoms with Gasteiger partial charge in [-0.2, -0.15) is 0 Å². The molecule has 2 heterocycles. The third-order valence-corrected chi connectivity index (χ3v) is 5.20. The van der Waals surface area contributed by atoms with Gasteiger partial charge in [-0.15, -0.1) is 0 Å². The fourth-order valence-electron chi connectivity index (χ4n) is 3.52. The van der Waals surface area contributed by atoms with Gasteiger partial charge in [0.25, 0.3) is 0 Å². The van der Waals surface area contributed by atoms with Gasteiger partial charge in [0.15, 0.2) is 0 Å². The van der Waals surface area contributed by atoms with Crippen molar-refractivity contribution in [2.75, 3.05) is 26.3 Å². The van der Waals surface area contributed by atoms with Crippen molar-refractivity contribution in [3.05, 3.63) is 95.3 Å². The van der Waals surface area contributed by atoms with E-state index in [1.54, 1.807) is 6.20 Å². The molecule has 1 aliphatic heterocycles. The lowest BCUT2D eigenvalue weighted by Gasteiger charge is -2.26. The first-order chi connectivity index (χ1) is 14.8. The molecule has 0 saturated carbocycles. The molecular formula is C25H29N3O2. The van der Waals surface area contributed by atoms with Crippen molar-refractivity contribution in [1.29, 1.82) is 0 Å². The van der Waals surface area contributed by atoms with E-state index < -0.39 is 0 Å². The number of benzene rings is 2. The summed E-state index contributed by atoms with van der Waals surface area (Å²) in [5, 5.41) is 3.52. The number of ether oxygens (including phenoxy) is 2. The van der Waals surface area contributed by atoms with E-state index in [1.165, 1.54) is 16.7 Å². The monoisotopic (exact) mass is 403 g/mol. The number of hydrogen-bond donors (Lipinski definition) is 1. The second-order valence-electron chi connectivity index (χ2n) is 7.57. The van der Waals surface area contributed by atoms with Crippen LogP contribution in [0.2, 0.25) is 0 Å². The molecule has 0 bridgehead atoms. The van der Waals surface area contributed by atoms with Crippen LogP contribution in [0.3, 0.4) is 0 Å². The molecule has 3 aromatic rings. The molecule has 4 rings (SSSR count). The van der Waals surface area contributed by atoms with Crippen molar-refractivity contribution in [1.82, 2.24) is 15.2 Å². The average Bonchev–Trinajstić information content (AvgIpc) is 2.81. The fourth-order valence-corrected chi connectivity index (χ4v) is 3.52. The van der Waals surface area contributed by atoms with Crippen LogP contribution in [-0.2, 0) is 31.0 Å². The Kier molecular flexibility index (Phi) is 7.45. The van der Waals surface area contributed by atoms with E-state index in [2.05, 4.69) is 51.6 Å². The molecule has 0 aliphatic carbocycles. The summed E-state index contributed by atoms with van der Waals surface area (Å²) in [7, 11) is 0. The van der Waals surface area contributed by atoms with Gasteiger partial charge in [-0.05, 0) is 41.0 Å². The highest BCUT2D eigenvalue weighted by atomic mass is 16.5. The molecule has 0 amide bonds. The standard InChI is InChI=1S/C25H29N3O2/c1-2-11-27-24(5-1)20-30-25-6-3-4-23(16-25)18-26-17-21-7-9-22(10-8-21)19-28-12-14-29-15-13-28/h1-11,16,26H,12-15,17-20H2. The van der Waals surface area contributed by atoms with E-state index in [1.807, 2.05) is 30.3 Å². The van der Waals surface area contributed by atoms with E-state index in [9.17, 15) is 0 Å². The number of aromatic nitrogens is 1. The zero-order valence-corrected chi connectivity index (χ0v) is 17.3. The maximum Gasteiger partial charge on any atom is 0.130 e. The fraction of sp³-hybridized carbons (Fsp3) is 0.320. The Morgan fingerprint density at radius 1 is 0.867 bits per heavy atom. The molecule has 5 nitrogen and oxygen atoms in total. The van der Waals surface area contributed by atoms with E-state index >= 15 is 0 Å². The van der Waals surface area contributed by atoms with Crippen LogP contribution in [0, 0.1) is 0 Å². The lowest BCUT2D eigenvalue weighted by molar-refractivity contribution is 0.0342. The molecule has 1 aliphatic rings. The van der Waals surface area contributed by atoms with Gasteiger partial charge in [-0.3, -0.25) is 9.88 Å². The molecule has 156 valence electrons. The molecule has 5 heteroatoms. The summed E-state index contributed by atoms with van der Waals surface area (Å²) in [5.74, 6) is 0.868. The van der Waals surface area contributed by atoms with Gasteiger partial charge in [0.1, 0.15) is 12.4 Å². The molecule has 1 N–H and O–H groups in total. The number of morpholine rings is 1. The molecule has 1 fully saturated rings. The lowest BCUT2D eigenvalue weighted by Crippen LogP contribution is -2.35. The third kappa shape index (κ3) is 6.39. The Labute approximate surface area is 178 Å². The van der Waals surface area contributed by atoms with Crippen LogP contribution < -0.4 is 10.1 Å². The van der Waals surface area contributed by atoms with Gasteiger partial charge in [0.2, 0.25) is 0 Å². The molecule has 30 heavy (non-hydrogen) atoms. The Balaban J connectivity index is 1.22. The van der Waals surface area contributed by atoms with Crippen molar-refractivity contribution in [2.24, 2.45) is 0 Å². The molecule has 0 spiro atoms. The van der Waals surface area contributed by atoms with Crippen molar-refractivity contribution in [3.8, 4) is 5.75 Å². The van der Waals surface area contributed by atoms with E-state index in [0.29, 0.717) is 6.61 Å². The smallest absolute Gasteiger partial charge is 0.130 e. The minimum atomic E-state index is 0.481. The predicted octanol–water partition coefficient (Wildman–Crippen LogP) is 3.78. The summed E-state index contributed by atoms with van der Waals surface area (Å²) in [6, 6.07) is 23.0. The second kappa shape index (κ2) is 10.9. The maximum absolute atomic E-state index is 5.87. The first-order valence-corrected chi connectivity index (χ1v) is 10.6. The lowest BCUT2D eigenvalue weighted by atomic mass is 10.1. The summed E-state index contributed by atoms with van der Waals surface area (Å²) in [4.78, 5) is 6.74. The number of nitrogens with one attached hydrogen (secondary N) is 1. The largest absolute Gasteiger partial charge is 0.487 e. The van der Waals surface area contributed by atoms with Crippen LogP contribution >= 0.6 is 0 Å². The van der Waals surface area contributed by atoms with Gasteiger partial charge in [-0.25, -0.2) is 0 Å². The zero-order chi connectivity index (χ0) is 20.4. The van der Waals surface area contributed by atoms with Crippen molar-refractivity contribution >= 4 is 0 Å². The van der Waals surface area contributed by atoms with Crippen molar-refractivity contribution in [2.45, 2.75) is 26.2 Å². The Hall–Kier alpha value is -2.73. The van der Waals surface area contributed by atoms with Gasteiger partial charge >= 0.3 is 0 Å². The summed E-state index contributed by atoms with van der Waals surface area (Å²) in [6.45, 7) is 6.86. The van der Waals surface area contributed by atoms with Crippen LogP contribution in [0.4, 0.5) is 0 Å². The van der Waals surface area contributed by atoms with Gasteiger partial charge < -0.3 is 14.8 Å². The highest BCUT2D eigenvalue weighted by molar-refractivity contribution is 5.29. The van der Waals surface area contributed by atoms with Gasteiger partial charge in [0, 0.05) is 38.9 Å². The van der Waals surface area contributed by atoms with E-state index in [4.69, 9.17) is 9.47 Å². The molecule has 0 radical (unpaired) electrons. The Bertz CT molecular complexity index is 894. The summed E-state index contributed by atoms with van der Waals surface area (Å²) >= 11 is 0. The highest BCUT2D eigenvalue weighted by Gasteiger charge is 2.10. The first kappa shape index (κ1) is 20.5. The molecular weight excluding hydrogens is 374 g/mol. The number of hydrogen-bond acceptors (Lipinski definition) is 5. The molecule has 2 aromatic carbocycles. The van der Waals surface area contributed by atoms with Crippen molar-refractivity contribution < 1.29 is 9.47 Å². The zero-order valence-electron chi connectivity index (χ0n) is 17.3. The topological polar surface area (TPSA) is 46.6 Å². The Morgan fingerprint density at radius 2 is 1.67 bits per heavy atom. The van der Waals surface area contributed by atoms with Crippen LogP contribution in [0.1, 0.15) is 22.4 Å². The van der Waals surface area contributed by atoms with Crippen LogP contribution in [-0.4, -0.2) is 36.2 Å². The molecule has 0 unspecified atom stereocenters. The van der Waals surface area contributed by atoms with Crippen LogP contribution in [0.5, 0.6) is 5.75 Å². The Morgan fingerprint density at radius 3 is 2.47 bits per heavy atom. The minimum absolute atomic E-state index is 0.481. The molecule has 1 saturated heterocycles. The van der Waals surface area contributed by atoms with Crippen LogP contribution in [0.25, 0.3) is 0 Å². The molecule has 1 aromatic heterocycles. The summed E-state index contributed by atoms with van der Waals surface area (Å²) < 4.78 is 11.3. The minimum Gasteiger partial charge on any atom is -0.487 e. The van der Waals surface area contributed by atoms with Crippen LogP contribution in [0.15, 0.2) is 72.9 Å². The maximum atomic E-state index is 5.87. The predicted molar refractivity (Wildman–Crippen MR) is 118 cm³/mol. The van der Waals surface area contributed by atoms with Crippen molar-refractivity contribution in [3.63, 3.8) is 0 Å². The summed E-state index contributed by atoms with van der Waals surface area (Å²) in [5.41, 5.74) is 4.79. The SMILES string of the molecule is c1ccc(COc2cccc(CNCc3ccc(CN4CCOCC4)cc3)c2)nc1. The average molecular weight is 404 g/mol. The highest BCUT2D eigenvalue weighted by Crippen LogP contribution is 2.15. The number of rotatable bonds is 9. The second-order valence-corrected chi connectivity index (χ2v) is 7.57. The van der Waals surface area contributed by atoms with E-state index in [0.717, 1.165) is 57.4 Å². The van der Waals surface area contributed by atoms with Gasteiger partial charge in [0.05, 0.1) is 18.9 Å². The summed E-state index contributed by atoms with van der Waals surface area (Å²) in [6.07, 6.45) is 1.79.